The van der Waals surface area contributed by atoms with Gasteiger partial charge in [-0.25, -0.2) is 0 Å². The van der Waals surface area contributed by atoms with Crippen LogP contribution < -0.4 is 5.32 Å². The number of nitrogens with one attached hydrogen (secondary N) is 1. The van der Waals surface area contributed by atoms with Gasteiger partial charge in [0.2, 0.25) is 0 Å². The Balaban J connectivity index is 2.08. The molecule has 0 fully saturated rings. The van der Waals surface area contributed by atoms with Crippen molar-refractivity contribution in [3.8, 4) is 0 Å². The lowest BCUT2D eigenvalue weighted by Crippen LogP contribution is -2.11. The van der Waals surface area contributed by atoms with E-state index in [4.69, 9.17) is 11.6 Å². The maximum Gasteiger partial charge on any atom is 0.0448 e. The number of aryl methyl sites for hydroxylation is 1. The summed E-state index contributed by atoms with van der Waals surface area (Å²) < 4.78 is 0. The van der Waals surface area contributed by atoms with Crippen molar-refractivity contribution in [2.45, 2.75) is 33.2 Å². The smallest absolute Gasteiger partial charge is 0.0448 e. The zero-order chi connectivity index (χ0) is 14.4. The number of hydrogen-bond acceptors (Lipinski definition) is 2. The fourth-order valence-corrected chi connectivity index (χ4v) is 2.35. The Hall–Kier alpha value is -1.38. The lowest BCUT2D eigenvalue weighted by atomic mass is 10.1. The third-order valence-electron chi connectivity index (χ3n) is 3.36. The molecule has 0 atom stereocenters. The van der Waals surface area contributed by atoms with Crippen molar-refractivity contribution in [1.82, 2.24) is 10.3 Å². The Morgan fingerprint density at radius 2 is 1.90 bits per heavy atom. The first kappa shape index (κ1) is 15.0. The molecule has 0 aliphatic carbocycles. The zero-order valence-corrected chi connectivity index (χ0v) is 12.9. The minimum Gasteiger partial charge on any atom is -0.313 e. The van der Waals surface area contributed by atoms with Crippen molar-refractivity contribution < 1.29 is 0 Å². The number of benzene rings is 1. The van der Waals surface area contributed by atoms with Gasteiger partial charge in [0, 0.05) is 29.9 Å². The van der Waals surface area contributed by atoms with Gasteiger partial charge in [0.25, 0.3) is 0 Å². The number of rotatable bonds is 6. The monoisotopic (exact) mass is 288 g/mol. The first-order valence-electron chi connectivity index (χ1n) is 7.14. The molecule has 0 bridgehead atoms. The molecular formula is C17H21ClN2. The topological polar surface area (TPSA) is 24.9 Å². The highest BCUT2D eigenvalue weighted by molar-refractivity contribution is 6.31. The molecule has 0 amide bonds. The highest BCUT2D eigenvalue weighted by Crippen LogP contribution is 2.20. The zero-order valence-electron chi connectivity index (χ0n) is 12.1. The fourth-order valence-electron chi connectivity index (χ4n) is 2.08. The normalized spacial score (nSPS) is 10.8. The van der Waals surface area contributed by atoms with Crippen molar-refractivity contribution >= 4 is 11.6 Å². The maximum atomic E-state index is 6.36. The average molecular weight is 289 g/mol. The van der Waals surface area contributed by atoms with E-state index >= 15 is 0 Å². The van der Waals surface area contributed by atoms with Crippen LogP contribution in [0.4, 0.5) is 0 Å². The van der Waals surface area contributed by atoms with Crippen molar-refractivity contribution in [3.05, 3.63) is 63.9 Å². The summed E-state index contributed by atoms with van der Waals surface area (Å²) in [5.41, 5.74) is 4.67. The van der Waals surface area contributed by atoms with E-state index in [9.17, 15) is 0 Å². The number of hydrogen-bond donors (Lipinski definition) is 1. The second kappa shape index (κ2) is 7.41. The van der Waals surface area contributed by atoms with Crippen molar-refractivity contribution in [2.75, 3.05) is 6.54 Å². The summed E-state index contributed by atoms with van der Waals surface area (Å²) in [4.78, 5) is 4.49. The van der Waals surface area contributed by atoms with Crippen LogP contribution >= 0.6 is 11.6 Å². The van der Waals surface area contributed by atoms with E-state index < -0.39 is 0 Å². The number of nitrogens with zero attached hydrogens (tertiary/aromatic N) is 1. The molecule has 3 heteroatoms. The third kappa shape index (κ3) is 4.06. The van der Waals surface area contributed by atoms with Crippen LogP contribution in [0.3, 0.4) is 0 Å². The predicted molar refractivity (Wildman–Crippen MR) is 85.3 cm³/mol. The van der Waals surface area contributed by atoms with Gasteiger partial charge in [-0.05, 0) is 41.8 Å². The molecule has 1 N–H and O–H groups in total. The van der Waals surface area contributed by atoms with Crippen LogP contribution in [0, 0.1) is 0 Å². The SMILES string of the molecule is CCNCc1ccc(Cc2ccc(CC)cn2)c(Cl)c1. The van der Waals surface area contributed by atoms with Gasteiger partial charge >= 0.3 is 0 Å². The summed E-state index contributed by atoms with van der Waals surface area (Å²) in [7, 11) is 0. The molecule has 20 heavy (non-hydrogen) atoms. The van der Waals surface area contributed by atoms with E-state index in [2.05, 4.69) is 48.4 Å². The van der Waals surface area contributed by atoms with E-state index in [0.717, 1.165) is 42.2 Å². The summed E-state index contributed by atoms with van der Waals surface area (Å²) in [5.74, 6) is 0. The fraction of sp³-hybridized carbons (Fsp3) is 0.353. The van der Waals surface area contributed by atoms with Crippen molar-refractivity contribution in [3.63, 3.8) is 0 Å². The Morgan fingerprint density at radius 3 is 2.50 bits per heavy atom. The lowest BCUT2D eigenvalue weighted by molar-refractivity contribution is 0.726. The summed E-state index contributed by atoms with van der Waals surface area (Å²) >= 11 is 6.36. The Labute approximate surface area is 126 Å². The van der Waals surface area contributed by atoms with Crippen LogP contribution in [0.15, 0.2) is 36.5 Å². The molecule has 0 saturated carbocycles. The summed E-state index contributed by atoms with van der Waals surface area (Å²) in [6.07, 6.45) is 3.75. The maximum absolute atomic E-state index is 6.36. The summed E-state index contributed by atoms with van der Waals surface area (Å²) in [6, 6.07) is 10.5. The van der Waals surface area contributed by atoms with E-state index in [0.29, 0.717) is 0 Å². The lowest BCUT2D eigenvalue weighted by Gasteiger charge is -2.08. The standard InChI is InChI=1S/C17H21ClN2/c1-3-13-6-8-16(20-12-13)10-15-7-5-14(9-17(15)18)11-19-4-2/h5-9,12,19H,3-4,10-11H2,1-2H3. The van der Waals surface area contributed by atoms with Gasteiger partial charge in [-0.2, -0.15) is 0 Å². The summed E-state index contributed by atoms with van der Waals surface area (Å²) in [5, 5.41) is 4.12. The van der Waals surface area contributed by atoms with E-state index in [1.807, 2.05) is 12.3 Å². The van der Waals surface area contributed by atoms with Crippen molar-refractivity contribution in [1.29, 1.82) is 0 Å². The average Bonchev–Trinajstić information content (AvgIpc) is 2.48. The molecular weight excluding hydrogens is 268 g/mol. The minimum atomic E-state index is 0.782. The molecule has 2 aromatic rings. The molecule has 1 aromatic heterocycles. The van der Waals surface area contributed by atoms with Crippen LogP contribution in [0.2, 0.25) is 5.02 Å². The molecule has 2 nitrogen and oxygen atoms in total. The molecule has 0 radical (unpaired) electrons. The van der Waals surface area contributed by atoms with Crippen LogP contribution in [-0.4, -0.2) is 11.5 Å². The van der Waals surface area contributed by atoms with Gasteiger partial charge < -0.3 is 5.32 Å². The second-order valence-electron chi connectivity index (χ2n) is 4.89. The molecule has 0 spiro atoms. The van der Waals surface area contributed by atoms with Crippen LogP contribution in [-0.2, 0) is 19.4 Å². The van der Waals surface area contributed by atoms with Gasteiger partial charge in [-0.15, -0.1) is 0 Å². The summed E-state index contributed by atoms with van der Waals surface area (Å²) in [6.45, 7) is 6.06. The highest BCUT2D eigenvalue weighted by Gasteiger charge is 2.04. The molecule has 106 valence electrons. The van der Waals surface area contributed by atoms with E-state index in [-0.39, 0.29) is 0 Å². The largest absolute Gasteiger partial charge is 0.313 e. The number of aromatic nitrogens is 1. The molecule has 2 rings (SSSR count). The van der Waals surface area contributed by atoms with Crippen LogP contribution in [0.25, 0.3) is 0 Å². The van der Waals surface area contributed by atoms with Crippen LogP contribution in [0.5, 0.6) is 0 Å². The Bertz CT molecular complexity index is 549. The van der Waals surface area contributed by atoms with Gasteiger partial charge in [-0.3, -0.25) is 4.98 Å². The Morgan fingerprint density at radius 1 is 1.10 bits per heavy atom. The van der Waals surface area contributed by atoms with Gasteiger partial charge in [0.05, 0.1) is 0 Å². The van der Waals surface area contributed by atoms with E-state index in [1.54, 1.807) is 0 Å². The number of halogens is 1. The molecule has 0 saturated heterocycles. The molecule has 0 aliphatic rings. The first-order valence-corrected chi connectivity index (χ1v) is 7.52. The minimum absolute atomic E-state index is 0.782. The van der Waals surface area contributed by atoms with Crippen LogP contribution in [0.1, 0.15) is 36.2 Å². The van der Waals surface area contributed by atoms with Crippen molar-refractivity contribution in [2.24, 2.45) is 0 Å². The molecule has 0 unspecified atom stereocenters. The molecule has 0 aliphatic heterocycles. The number of pyridine rings is 1. The van der Waals surface area contributed by atoms with Gasteiger partial charge in [0.1, 0.15) is 0 Å². The highest BCUT2D eigenvalue weighted by atomic mass is 35.5. The molecule has 1 aromatic carbocycles. The quantitative estimate of drug-likeness (QED) is 0.869. The van der Waals surface area contributed by atoms with Gasteiger partial charge in [0.15, 0.2) is 0 Å². The molecule has 1 heterocycles. The first-order chi connectivity index (χ1) is 9.72. The predicted octanol–water partition coefficient (Wildman–Crippen LogP) is 4.00. The second-order valence-corrected chi connectivity index (χ2v) is 5.30. The van der Waals surface area contributed by atoms with E-state index in [1.165, 1.54) is 11.1 Å². The van der Waals surface area contributed by atoms with Gasteiger partial charge in [-0.1, -0.05) is 43.6 Å². The Kier molecular flexibility index (Phi) is 5.57. The third-order valence-corrected chi connectivity index (χ3v) is 3.71.